The van der Waals surface area contributed by atoms with Crippen molar-refractivity contribution in [1.82, 2.24) is 15.5 Å². The minimum absolute atomic E-state index is 0.0420. The molecule has 2 aliphatic rings. The van der Waals surface area contributed by atoms with Crippen molar-refractivity contribution in [2.45, 2.75) is 51.6 Å². The summed E-state index contributed by atoms with van der Waals surface area (Å²) in [5.74, 6) is -0.343. The van der Waals surface area contributed by atoms with Crippen molar-refractivity contribution in [1.29, 1.82) is 0 Å². The maximum absolute atomic E-state index is 12.4. The Morgan fingerprint density at radius 3 is 2.57 bits per heavy atom. The number of nitrogens with one attached hydrogen (secondary N) is 2. The largest absolute Gasteiger partial charge is 0.369 e. The van der Waals surface area contributed by atoms with Gasteiger partial charge in [0.15, 0.2) is 0 Å². The lowest BCUT2D eigenvalue weighted by molar-refractivity contribution is -0.129. The zero-order valence-corrected chi connectivity index (χ0v) is 13.2. The Balaban J connectivity index is 1.90. The predicted octanol–water partition coefficient (Wildman–Crippen LogP) is -0.169. The lowest BCUT2D eigenvalue weighted by atomic mass is 9.92. The summed E-state index contributed by atoms with van der Waals surface area (Å²) in [5, 5.41) is 6.28. The monoisotopic (exact) mass is 296 g/mol. The summed E-state index contributed by atoms with van der Waals surface area (Å²) >= 11 is 0. The van der Waals surface area contributed by atoms with E-state index in [9.17, 15) is 9.59 Å². The maximum Gasteiger partial charge on any atom is 0.237 e. The van der Waals surface area contributed by atoms with Crippen molar-refractivity contribution in [3.63, 3.8) is 0 Å². The van der Waals surface area contributed by atoms with Crippen molar-refractivity contribution in [3.05, 3.63) is 0 Å². The second-order valence-corrected chi connectivity index (χ2v) is 6.84. The number of carbonyl (C=O) groups excluding carboxylic acids is 2. The number of primary amides is 1. The van der Waals surface area contributed by atoms with E-state index in [-0.39, 0.29) is 17.9 Å². The van der Waals surface area contributed by atoms with Gasteiger partial charge in [0, 0.05) is 12.6 Å². The van der Waals surface area contributed by atoms with Crippen LogP contribution in [0, 0.1) is 5.41 Å². The number of piperidine rings is 1. The fourth-order valence-electron chi connectivity index (χ4n) is 3.16. The van der Waals surface area contributed by atoms with Crippen molar-refractivity contribution in [2.75, 3.05) is 26.2 Å². The molecule has 2 amide bonds. The van der Waals surface area contributed by atoms with Crippen LogP contribution in [-0.2, 0) is 9.59 Å². The van der Waals surface area contributed by atoms with E-state index in [1.807, 2.05) is 0 Å². The molecule has 2 heterocycles. The first kappa shape index (κ1) is 16.2. The molecule has 0 bridgehead atoms. The summed E-state index contributed by atoms with van der Waals surface area (Å²) in [7, 11) is 0. The van der Waals surface area contributed by atoms with Crippen LogP contribution in [0.5, 0.6) is 0 Å². The first-order valence-electron chi connectivity index (χ1n) is 7.96. The zero-order valence-electron chi connectivity index (χ0n) is 13.2. The SMILES string of the molecule is CC(C)(CNC(=O)C1CCCN1C1CCNCC1)C(N)=O. The molecule has 0 aromatic heterocycles. The van der Waals surface area contributed by atoms with Crippen LogP contribution in [-0.4, -0.2) is 55.0 Å². The number of nitrogens with two attached hydrogens (primary N) is 1. The Hall–Kier alpha value is -1.14. The topological polar surface area (TPSA) is 87.5 Å². The molecule has 0 aromatic rings. The third kappa shape index (κ3) is 3.95. The Bertz CT molecular complexity index is 391. The smallest absolute Gasteiger partial charge is 0.237 e. The lowest BCUT2D eigenvalue weighted by Gasteiger charge is -2.35. The van der Waals surface area contributed by atoms with E-state index in [4.69, 9.17) is 5.73 Å². The highest BCUT2D eigenvalue weighted by Gasteiger charge is 2.36. The quantitative estimate of drug-likeness (QED) is 0.657. The van der Waals surface area contributed by atoms with E-state index in [1.54, 1.807) is 13.8 Å². The van der Waals surface area contributed by atoms with E-state index < -0.39 is 5.41 Å². The van der Waals surface area contributed by atoms with Crippen molar-refractivity contribution >= 4 is 11.8 Å². The summed E-state index contributed by atoms with van der Waals surface area (Å²) in [5.41, 5.74) is 4.65. The molecule has 21 heavy (non-hydrogen) atoms. The van der Waals surface area contributed by atoms with Gasteiger partial charge in [0.1, 0.15) is 0 Å². The highest BCUT2D eigenvalue weighted by atomic mass is 16.2. The van der Waals surface area contributed by atoms with Gasteiger partial charge in [0.2, 0.25) is 11.8 Å². The second kappa shape index (κ2) is 6.75. The normalized spacial score (nSPS) is 25.0. The van der Waals surface area contributed by atoms with Gasteiger partial charge in [-0.1, -0.05) is 0 Å². The van der Waals surface area contributed by atoms with Crippen LogP contribution in [0.25, 0.3) is 0 Å². The first-order chi connectivity index (χ1) is 9.92. The first-order valence-corrected chi connectivity index (χ1v) is 7.96. The molecule has 0 radical (unpaired) electrons. The van der Waals surface area contributed by atoms with E-state index in [0.717, 1.165) is 45.3 Å². The Morgan fingerprint density at radius 1 is 1.29 bits per heavy atom. The van der Waals surface area contributed by atoms with Gasteiger partial charge < -0.3 is 16.4 Å². The van der Waals surface area contributed by atoms with E-state index >= 15 is 0 Å². The molecule has 4 N–H and O–H groups in total. The Morgan fingerprint density at radius 2 is 1.95 bits per heavy atom. The van der Waals surface area contributed by atoms with Crippen molar-refractivity contribution < 1.29 is 9.59 Å². The minimum Gasteiger partial charge on any atom is -0.369 e. The third-order valence-corrected chi connectivity index (χ3v) is 4.75. The van der Waals surface area contributed by atoms with Crippen molar-refractivity contribution in [2.24, 2.45) is 11.1 Å². The molecule has 0 aromatic carbocycles. The predicted molar refractivity (Wildman–Crippen MR) is 81.6 cm³/mol. The minimum atomic E-state index is -0.701. The van der Waals surface area contributed by atoms with Crippen LogP contribution in [0.3, 0.4) is 0 Å². The summed E-state index contributed by atoms with van der Waals surface area (Å²) in [6.07, 6.45) is 4.20. The fraction of sp³-hybridized carbons (Fsp3) is 0.867. The maximum atomic E-state index is 12.4. The molecule has 0 spiro atoms. The molecular formula is C15H28N4O2. The summed E-state index contributed by atoms with van der Waals surface area (Å²) in [6, 6.07) is 0.463. The van der Waals surface area contributed by atoms with Gasteiger partial charge in [-0.25, -0.2) is 0 Å². The van der Waals surface area contributed by atoms with Gasteiger partial charge in [-0.05, 0) is 59.2 Å². The van der Waals surface area contributed by atoms with Crippen LogP contribution < -0.4 is 16.4 Å². The molecular weight excluding hydrogens is 268 g/mol. The number of amides is 2. The van der Waals surface area contributed by atoms with Crippen LogP contribution in [0.1, 0.15) is 39.5 Å². The van der Waals surface area contributed by atoms with E-state index in [1.165, 1.54) is 0 Å². The molecule has 0 aliphatic carbocycles. The van der Waals surface area contributed by atoms with Crippen LogP contribution >= 0.6 is 0 Å². The highest BCUT2D eigenvalue weighted by molar-refractivity contribution is 5.84. The highest BCUT2D eigenvalue weighted by Crippen LogP contribution is 2.24. The molecule has 6 nitrogen and oxygen atoms in total. The molecule has 2 aliphatic heterocycles. The third-order valence-electron chi connectivity index (χ3n) is 4.75. The van der Waals surface area contributed by atoms with E-state index in [2.05, 4.69) is 15.5 Å². The second-order valence-electron chi connectivity index (χ2n) is 6.84. The lowest BCUT2D eigenvalue weighted by Crippen LogP contribution is -2.52. The fourth-order valence-corrected chi connectivity index (χ4v) is 3.16. The van der Waals surface area contributed by atoms with Gasteiger partial charge in [0.25, 0.3) is 0 Å². The number of carbonyl (C=O) groups is 2. The number of likely N-dealkylation sites (tertiary alicyclic amines) is 1. The average molecular weight is 296 g/mol. The summed E-state index contributed by atoms with van der Waals surface area (Å²) < 4.78 is 0. The molecule has 2 rings (SSSR count). The van der Waals surface area contributed by atoms with Crippen LogP contribution in [0.4, 0.5) is 0 Å². The molecule has 0 saturated carbocycles. The van der Waals surface area contributed by atoms with Gasteiger partial charge >= 0.3 is 0 Å². The zero-order chi connectivity index (χ0) is 15.5. The van der Waals surface area contributed by atoms with Gasteiger partial charge in [0.05, 0.1) is 11.5 Å². The van der Waals surface area contributed by atoms with Crippen molar-refractivity contribution in [3.8, 4) is 0 Å². The van der Waals surface area contributed by atoms with E-state index in [0.29, 0.717) is 12.6 Å². The Labute approximate surface area is 126 Å². The van der Waals surface area contributed by atoms with Gasteiger partial charge in [-0.3, -0.25) is 14.5 Å². The number of rotatable bonds is 5. The number of nitrogens with zero attached hydrogens (tertiary/aromatic N) is 1. The Kier molecular flexibility index (Phi) is 5.22. The van der Waals surface area contributed by atoms with Crippen LogP contribution in [0.15, 0.2) is 0 Å². The molecule has 120 valence electrons. The average Bonchev–Trinajstić information content (AvgIpc) is 2.95. The summed E-state index contributed by atoms with van der Waals surface area (Å²) in [6.45, 7) is 6.89. The van der Waals surface area contributed by atoms with Crippen LogP contribution in [0.2, 0.25) is 0 Å². The summed E-state index contributed by atoms with van der Waals surface area (Å²) in [4.78, 5) is 26.1. The number of hydrogen-bond acceptors (Lipinski definition) is 4. The van der Waals surface area contributed by atoms with Gasteiger partial charge in [-0.2, -0.15) is 0 Å². The molecule has 2 fully saturated rings. The number of hydrogen-bond donors (Lipinski definition) is 3. The standard InChI is InChI=1S/C15H28N4O2/c1-15(2,14(16)21)10-18-13(20)12-4-3-9-19(12)11-5-7-17-8-6-11/h11-12,17H,3-10H2,1-2H3,(H2,16,21)(H,18,20). The molecule has 1 atom stereocenters. The molecule has 2 saturated heterocycles. The van der Waals surface area contributed by atoms with Gasteiger partial charge in [-0.15, -0.1) is 0 Å². The molecule has 1 unspecified atom stereocenters. The molecule has 6 heteroatoms.